The minimum Gasteiger partial charge on any atom is -0.320 e. The van der Waals surface area contributed by atoms with Crippen LogP contribution in [0.1, 0.15) is 16.1 Å². The molecule has 4 rings (SSSR count). The molecule has 0 bridgehead atoms. The number of hydrogen-bond donors (Lipinski definition) is 3. The average molecular weight is 595 g/mol. The lowest BCUT2D eigenvalue weighted by Gasteiger charge is -2.14. The molecule has 0 aliphatic rings. The Balaban J connectivity index is 1.65. The quantitative estimate of drug-likeness (QED) is 0.232. The molecular weight excluding hydrogens is 579 g/mol. The van der Waals surface area contributed by atoms with E-state index in [0.717, 1.165) is 4.47 Å². The number of hydrogen-bond acceptors (Lipinski definition) is 3. The first kappa shape index (κ1) is 25.1. The summed E-state index contributed by atoms with van der Waals surface area (Å²) in [5.74, 6) is -2.50. The topological polar surface area (TPSA) is 92.2 Å². The van der Waals surface area contributed by atoms with Crippen LogP contribution in [-0.4, -0.2) is 22.4 Å². The van der Waals surface area contributed by atoms with Gasteiger partial charge < -0.3 is 10.6 Å². The first-order valence-electron chi connectivity index (χ1n) is 10.1. The second kappa shape index (κ2) is 10.3. The van der Waals surface area contributed by atoms with E-state index in [-0.39, 0.29) is 16.4 Å². The van der Waals surface area contributed by atoms with E-state index in [1.165, 1.54) is 22.9 Å². The molecule has 3 amide bonds. The van der Waals surface area contributed by atoms with Gasteiger partial charge in [0.05, 0.1) is 16.2 Å². The SMILES string of the molecule is Cc1c(Cl)cccc1NC(=O)c1cc2cc(Br)ccc2n1NC(=O)C(=O)Nc1ccc(Cl)cc1Cl. The van der Waals surface area contributed by atoms with Gasteiger partial charge in [0.15, 0.2) is 0 Å². The van der Waals surface area contributed by atoms with Crippen molar-refractivity contribution in [1.29, 1.82) is 0 Å². The number of halogens is 4. The summed E-state index contributed by atoms with van der Waals surface area (Å²) in [6, 6.07) is 16.4. The fraction of sp³-hybridized carbons (Fsp3) is 0.0417. The summed E-state index contributed by atoms with van der Waals surface area (Å²) in [6.45, 7) is 1.78. The van der Waals surface area contributed by atoms with Crippen LogP contribution in [0.25, 0.3) is 10.9 Å². The molecule has 0 spiro atoms. The summed E-state index contributed by atoms with van der Waals surface area (Å²) >= 11 is 21.5. The third-order valence-electron chi connectivity index (χ3n) is 5.11. The fourth-order valence-electron chi connectivity index (χ4n) is 3.33. The Bertz CT molecular complexity index is 1500. The van der Waals surface area contributed by atoms with Gasteiger partial charge in [-0.3, -0.25) is 19.8 Å². The fourth-order valence-corrected chi connectivity index (χ4v) is 4.33. The van der Waals surface area contributed by atoms with Crippen LogP contribution in [-0.2, 0) is 9.59 Å². The molecule has 7 nitrogen and oxygen atoms in total. The van der Waals surface area contributed by atoms with Crippen LogP contribution in [0.5, 0.6) is 0 Å². The van der Waals surface area contributed by atoms with Gasteiger partial charge >= 0.3 is 11.8 Å². The highest BCUT2D eigenvalue weighted by Gasteiger charge is 2.22. The van der Waals surface area contributed by atoms with Gasteiger partial charge in [-0.2, -0.15) is 0 Å². The standard InChI is InChI=1S/C24H16BrCl3N4O3/c1-12-16(27)3-2-4-18(12)29-22(33)21-10-13-9-14(25)5-8-20(13)32(21)31-24(35)23(34)30-19-7-6-15(26)11-17(19)28/h2-11H,1H3,(H,29,33)(H,30,34)(H,31,35). The smallest absolute Gasteiger partial charge is 0.320 e. The molecule has 1 aromatic heterocycles. The summed E-state index contributed by atoms with van der Waals surface area (Å²) in [5.41, 5.74) is 4.52. The number of nitrogens with one attached hydrogen (secondary N) is 3. The summed E-state index contributed by atoms with van der Waals surface area (Å²) in [5, 5.41) is 6.95. The predicted octanol–water partition coefficient (Wildman–Crippen LogP) is 6.63. The van der Waals surface area contributed by atoms with Gasteiger partial charge in [0.2, 0.25) is 0 Å². The van der Waals surface area contributed by atoms with Crippen LogP contribution < -0.4 is 16.1 Å². The molecule has 3 aromatic carbocycles. The third kappa shape index (κ3) is 5.46. The van der Waals surface area contributed by atoms with Crippen LogP contribution in [0, 0.1) is 6.92 Å². The summed E-state index contributed by atoms with van der Waals surface area (Å²) < 4.78 is 2.03. The van der Waals surface area contributed by atoms with Crippen molar-refractivity contribution in [3.05, 3.63) is 91.5 Å². The maximum Gasteiger partial charge on any atom is 0.328 e. The van der Waals surface area contributed by atoms with Crippen LogP contribution in [0.4, 0.5) is 11.4 Å². The van der Waals surface area contributed by atoms with Gasteiger partial charge in [0, 0.05) is 25.6 Å². The van der Waals surface area contributed by atoms with E-state index in [4.69, 9.17) is 34.8 Å². The maximum absolute atomic E-state index is 13.2. The molecule has 0 saturated heterocycles. The highest BCUT2D eigenvalue weighted by Crippen LogP contribution is 2.27. The highest BCUT2D eigenvalue weighted by molar-refractivity contribution is 9.10. The molecule has 0 aliphatic carbocycles. The van der Waals surface area contributed by atoms with Crippen LogP contribution >= 0.6 is 50.7 Å². The number of benzene rings is 3. The van der Waals surface area contributed by atoms with Crippen molar-refractivity contribution in [2.24, 2.45) is 0 Å². The molecule has 1 heterocycles. The molecular formula is C24H16BrCl3N4O3. The van der Waals surface area contributed by atoms with Crippen molar-refractivity contribution in [3.8, 4) is 0 Å². The number of carbonyl (C=O) groups is 3. The molecule has 0 aliphatic heterocycles. The number of amides is 3. The first-order valence-corrected chi connectivity index (χ1v) is 12.0. The van der Waals surface area contributed by atoms with Crippen molar-refractivity contribution in [2.75, 3.05) is 16.1 Å². The van der Waals surface area contributed by atoms with Crippen LogP contribution in [0.2, 0.25) is 15.1 Å². The number of fused-ring (bicyclic) bond motifs is 1. The van der Waals surface area contributed by atoms with E-state index in [0.29, 0.717) is 32.2 Å². The lowest BCUT2D eigenvalue weighted by Crippen LogP contribution is -2.36. The van der Waals surface area contributed by atoms with Gasteiger partial charge in [-0.1, -0.05) is 56.8 Å². The Morgan fingerprint density at radius 1 is 0.829 bits per heavy atom. The second-order valence-corrected chi connectivity index (χ2v) is 9.62. The number of nitrogens with zero attached hydrogens (tertiary/aromatic N) is 1. The van der Waals surface area contributed by atoms with Crippen molar-refractivity contribution in [2.45, 2.75) is 6.92 Å². The van der Waals surface area contributed by atoms with E-state index in [9.17, 15) is 14.4 Å². The Morgan fingerprint density at radius 2 is 1.60 bits per heavy atom. The minimum atomic E-state index is -1.01. The monoisotopic (exact) mass is 592 g/mol. The Labute approximate surface area is 223 Å². The normalized spacial score (nSPS) is 10.8. The lowest BCUT2D eigenvalue weighted by atomic mass is 10.2. The highest BCUT2D eigenvalue weighted by atomic mass is 79.9. The van der Waals surface area contributed by atoms with E-state index in [1.807, 2.05) is 0 Å². The molecule has 178 valence electrons. The van der Waals surface area contributed by atoms with E-state index in [2.05, 4.69) is 32.0 Å². The molecule has 4 aromatic rings. The molecule has 0 saturated carbocycles. The zero-order valence-electron chi connectivity index (χ0n) is 18.0. The van der Waals surface area contributed by atoms with Gasteiger partial charge in [-0.25, -0.2) is 4.68 Å². The zero-order valence-corrected chi connectivity index (χ0v) is 21.8. The summed E-state index contributed by atoms with van der Waals surface area (Å²) in [4.78, 5) is 38.5. The van der Waals surface area contributed by atoms with Gasteiger partial charge in [0.1, 0.15) is 5.69 Å². The largest absolute Gasteiger partial charge is 0.328 e. The Kier molecular flexibility index (Phi) is 7.37. The Hall–Kier alpha value is -3.04. The van der Waals surface area contributed by atoms with Crippen LogP contribution in [0.15, 0.2) is 65.1 Å². The summed E-state index contributed by atoms with van der Waals surface area (Å²) in [7, 11) is 0. The van der Waals surface area contributed by atoms with Gasteiger partial charge in [-0.05, 0) is 67.1 Å². The molecule has 0 fully saturated rings. The molecule has 35 heavy (non-hydrogen) atoms. The molecule has 3 N–H and O–H groups in total. The number of rotatable bonds is 4. The molecule has 0 atom stereocenters. The van der Waals surface area contributed by atoms with Gasteiger partial charge in [0.25, 0.3) is 5.91 Å². The number of anilines is 2. The molecule has 11 heteroatoms. The van der Waals surface area contributed by atoms with Crippen LogP contribution in [0.3, 0.4) is 0 Å². The summed E-state index contributed by atoms with van der Waals surface area (Å²) in [6.07, 6.45) is 0. The number of aromatic nitrogens is 1. The second-order valence-electron chi connectivity index (χ2n) is 7.45. The lowest BCUT2D eigenvalue weighted by molar-refractivity contribution is -0.133. The van der Waals surface area contributed by atoms with E-state index in [1.54, 1.807) is 49.4 Å². The van der Waals surface area contributed by atoms with Crippen molar-refractivity contribution in [3.63, 3.8) is 0 Å². The Morgan fingerprint density at radius 3 is 2.34 bits per heavy atom. The van der Waals surface area contributed by atoms with Crippen molar-refractivity contribution < 1.29 is 14.4 Å². The first-order chi connectivity index (χ1) is 16.6. The zero-order chi connectivity index (χ0) is 25.3. The maximum atomic E-state index is 13.2. The number of carbonyl (C=O) groups excluding carboxylic acids is 3. The van der Waals surface area contributed by atoms with Gasteiger partial charge in [-0.15, -0.1) is 0 Å². The van der Waals surface area contributed by atoms with Crippen molar-refractivity contribution in [1.82, 2.24) is 4.68 Å². The molecule has 0 radical (unpaired) electrons. The van der Waals surface area contributed by atoms with E-state index >= 15 is 0 Å². The van der Waals surface area contributed by atoms with Crippen molar-refractivity contribution >= 4 is 90.7 Å². The molecule has 0 unspecified atom stereocenters. The van der Waals surface area contributed by atoms with E-state index < -0.39 is 17.7 Å². The average Bonchev–Trinajstić information content (AvgIpc) is 3.16. The minimum absolute atomic E-state index is 0.100. The third-order valence-corrected chi connectivity index (χ3v) is 6.56. The predicted molar refractivity (Wildman–Crippen MR) is 143 cm³/mol.